The summed E-state index contributed by atoms with van der Waals surface area (Å²) in [7, 11) is 0. The summed E-state index contributed by atoms with van der Waals surface area (Å²) >= 11 is 0. The zero-order valence-electron chi connectivity index (χ0n) is 12.0. The highest BCUT2D eigenvalue weighted by molar-refractivity contribution is 5.33. The number of rotatable bonds is 5. The van der Waals surface area contributed by atoms with Crippen LogP contribution >= 0.6 is 0 Å². The van der Waals surface area contributed by atoms with Gasteiger partial charge in [-0.05, 0) is 48.2 Å². The van der Waals surface area contributed by atoms with Crippen LogP contribution in [0.15, 0.2) is 42.5 Å². The molecule has 2 nitrogen and oxygen atoms in total. The van der Waals surface area contributed by atoms with Crippen molar-refractivity contribution in [3.63, 3.8) is 0 Å². The van der Waals surface area contributed by atoms with Gasteiger partial charge in [-0.3, -0.25) is 0 Å². The first-order valence-electron chi connectivity index (χ1n) is 6.74. The first-order valence-corrected chi connectivity index (χ1v) is 6.74. The van der Waals surface area contributed by atoms with Crippen molar-refractivity contribution >= 4 is 0 Å². The highest BCUT2D eigenvalue weighted by atomic mass is 19.3. The van der Waals surface area contributed by atoms with Gasteiger partial charge in [0.25, 0.3) is 0 Å². The maximum atomic E-state index is 12.2. The van der Waals surface area contributed by atoms with E-state index in [1.807, 2.05) is 32.0 Å². The first-order chi connectivity index (χ1) is 9.95. The van der Waals surface area contributed by atoms with Gasteiger partial charge in [-0.1, -0.05) is 30.3 Å². The highest BCUT2D eigenvalue weighted by Gasteiger charge is 2.11. The number of alkyl halides is 2. The van der Waals surface area contributed by atoms with E-state index in [-0.39, 0.29) is 5.75 Å². The second-order valence-corrected chi connectivity index (χ2v) is 5.09. The van der Waals surface area contributed by atoms with E-state index < -0.39 is 12.7 Å². The van der Waals surface area contributed by atoms with Crippen molar-refractivity contribution < 1.29 is 18.6 Å². The minimum Gasteiger partial charge on any atom is -0.435 e. The normalized spacial score (nSPS) is 12.5. The summed E-state index contributed by atoms with van der Waals surface area (Å²) in [5, 5.41) is 10.2. The maximum Gasteiger partial charge on any atom is 0.387 e. The summed E-state index contributed by atoms with van der Waals surface area (Å²) in [4.78, 5) is 0. The van der Waals surface area contributed by atoms with Crippen LogP contribution in [-0.2, 0) is 6.42 Å². The van der Waals surface area contributed by atoms with Crippen molar-refractivity contribution in [2.45, 2.75) is 33.0 Å². The second-order valence-electron chi connectivity index (χ2n) is 5.09. The van der Waals surface area contributed by atoms with Crippen LogP contribution in [0, 0.1) is 13.8 Å². The van der Waals surface area contributed by atoms with Gasteiger partial charge in [0.2, 0.25) is 0 Å². The quantitative estimate of drug-likeness (QED) is 0.895. The Bertz CT molecular complexity index is 611. The minimum atomic E-state index is -2.86. The topological polar surface area (TPSA) is 29.5 Å². The van der Waals surface area contributed by atoms with Crippen LogP contribution in [0.2, 0.25) is 0 Å². The lowest BCUT2D eigenvalue weighted by atomic mass is 9.98. The van der Waals surface area contributed by atoms with E-state index in [0.29, 0.717) is 12.0 Å². The Balaban J connectivity index is 2.12. The Kier molecular flexibility index (Phi) is 4.91. The molecule has 0 aliphatic heterocycles. The first kappa shape index (κ1) is 15.4. The van der Waals surface area contributed by atoms with E-state index in [1.54, 1.807) is 12.1 Å². The summed E-state index contributed by atoms with van der Waals surface area (Å²) < 4.78 is 28.7. The fraction of sp³-hybridized carbons (Fsp3) is 0.294. The van der Waals surface area contributed by atoms with Crippen LogP contribution < -0.4 is 4.74 Å². The molecule has 0 saturated heterocycles. The third kappa shape index (κ3) is 4.26. The average molecular weight is 292 g/mol. The van der Waals surface area contributed by atoms with Crippen molar-refractivity contribution in [3.8, 4) is 5.75 Å². The second kappa shape index (κ2) is 6.68. The lowest BCUT2D eigenvalue weighted by molar-refractivity contribution is -0.0499. The van der Waals surface area contributed by atoms with Crippen LogP contribution in [0.25, 0.3) is 0 Å². The monoisotopic (exact) mass is 292 g/mol. The van der Waals surface area contributed by atoms with Crippen LogP contribution in [0.3, 0.4) is 0 Å². The molecule has 2 aromatic carbocycles. The van der Waals surface area contributed by atoms with Gasteiger partial charge >= 0.3 is 6.61 Å². The van der Waals surface area contributed by atoms with Gasteiger partial charge < -0.3 is 9.84 Å². The molecule has 0 aliphatic carbocycles. The van der Waals surface area contributed by atoms with Crippen LogP contribution in [0.4, 0.5) is 8.78 Å². The molecule has 112 valence electrons. The molecule has 0 aliphatic rings. The molecule has 1 N–H and O–H groups in total. The van der Waals surface area contributed by atoms with Gasteiger partial charge in [0.05, 0.1) is 6.10 Å². The summed E-state index contributed by atoms with van der Waals surface area (Å²) in [5.74, 6) is 0.0571. The summed E-state index contributed by atoms with van der Waals surface area (Å²) in [6.45, 7) is 1.18. The minimum absolute atomic E-state index is 0.0571. The molecule has 0 bridgehead atoms. The number of hydrogen-bond donors (Lipinski definition) is 1. The van der Waals surface area contributed by atoms with E-state index in [9.17, 15) is 13.9 Å². The van der Waals surface area contributed by atoms with E-state index in [2.05, 4.69) is 4.74 Å². The van der Waals surface area contributed by atoms with Gasteiger partial charge in [-0.25, -0.2) is 0 Å². The van der Waals surface area contributed by atoms with Crippen molar-refractivity contribution in [3.05, 3.63) is 64.7 Å². The number of halogens is 2. The van der Waals surface area contributed by atoms with Gasteiger partial charge in [-0.2, -0.15) is 8.78 Å². The molecule has 4 heteroatoms. The average Bonchev–Trinajstić information content (AvgIpc) is 2.42. The Morgan fingerprint density at radius 3 is 2.48 bits per heavy atom. The molecule has 0 amide bonds. The Morgan fingerprint density at radius 2 is 1.81 bits per heavy atom. The maximum absolute atomic E-state index is 12.2. The number of aliphatic hydroxyl groups is 1. The van der Waals surface area contributed by atoms with E-state index in [0.717, 1.165) is 11.1 Å². The predicted octanol–water partition coefficient (Wildman–Crippen LogP) is 4.18. The molecule has 0 radical (unpaired) electrons. The molecule has 21 heavy (non-hydrogen) atoms. The van der Waals surface area contributed by atoms with Crippen molar-refractivity contribution in [2.24, 2.45) is 0 Å². The molecule has 0 fully saturated rings. The van der Waals surface area contributed by atoms with Gasteiger partial charge in [0, 0.05) is 6.42 Å². The predicted molar refractivity (Wildman–Crippen MR) is 77.7 cm³/mol. The smallest absolute Gasteiger partial charge is 0.387 e. The summed E-state index contributed by atoms with van der Waals surface area (Å²) in [6.07, 6.45) is -0.326. The zero-order valence-corrected chi connectivity index (χ0v) is 12.0. The molecule has 1 unspecified atom stereocenters. The van der Waals surface area contributed by atoms with Crippen molar-refractivity contribution in [1.29, 1.82) is 0 Å². The Morgan fingerprint density at radius 1 is 1.05 bits per heavy atom. The number of benzene rings is 2. The zero-order chi connectivity index (χ0) is 15.4. The Hall–Kier alpha value is -1.94. The number of aliphatic hydroxyl groups excluding tert-OH is 1. The molecule has 1 atom stereocenters. The van der Waals surface area contributed by atoms with Crippen molar-refractivity contribution in [1.82, 2.24) is 0 Å². The molecular weight excluding hydrogens is 274 g/mol. The molecule has 0 spiro atoms. The molecule has 0 heterocycles. The fourth-order valence-electron chi connectivity index (χ4n) is 2.17. The standard InChI is InChI=1S/C17H18F2O2/c1-11-6-7-13(8-12(11)2)9-16(20)14-4-3-5-15(10-14)21-17(18)19/h3-8,10,16-17,20H,9H2,1-2H3. The van der Waals surface area contributed by atoms with E-state index >= 15 is 0 Å². The van der Waals surface area contributed by atoms with Crippen LogP contribution in [0.1, 0.15) is 28.4 Å². The molecular formula is C17H18F2O2. The SMILES string of the molecule is Cc1ccc(CC(O)c2cccc(OC(F)F)c2)cc1C. The molecule has 0 aromatic heterocycles. The van der Waals surface area contributed by atoms with Gasteiger partial charge in [0.15, 0.2) is 0 Å². The van der Waals surface area contributed by atoms with Crippen molar-refractivity contribution in [2.75, 3.05) is 0 Å². The fourth-order valence-corrected chi connectivity index (χ4v) is 2.17. The Labute approximate surface area is 123 Å². The number of hydrogen-bond acceptors (Lipinski definition) is 2. The van der Waals surface area contributed by atoms with E-state index in [1.165, 1.54) is 17.7 Å². The summed E-state index contributed by atoms with van der Waals surface area (Å²) in [6, 6.07) is 12.2. The summed E-state index contributed by atoms with van der Waals surface area (Å²) in [5.41, 5.74) is 3.92. The molecule has 2 aromatic rings. The largest absolute Gasteiger partial charge is 0.435 e. The van der Waals surface area contributed by atoms with E-state index in [4.69, 9.17) is 0 Å². The third-order valence-corrected chi connectivity index (χ3v) is 3.47. The van der Waals surface area contributed by atoms with Crippen LogP contribution in [-0.4, -0.2) is 11.7 Å². The van der Waals surface area contributed by atoms with Crippen LogP contribution in [0.5, 0.6) is 5.75 Å². The highest BCUT2D eigenvalue weighted by Crippen LogP contribution is 2.24. The number of ether oxygens (including phenoxy) is 1. The van der Waals surface area contributed by atoms with Gasteiger partial charge in [0.1, 0.15) is 5.75 Å². The molecule has 0 saturated carbocycles. The number of aryl methyl sites for hydroxylation is 2. The van der Waals surface area contributed by atoms with Gasteiger partial charge in [-0.15, -0.1) is 0 Å². The third-order valence-electron chi connectivity index (χ3n) is 3.47. The molecule has 2 rings (SSSR count). The lowest BCUT2D eigenvalue weighted by Crippen LogP contribution is -2.05. The lowest BCUT2D eigenvalue weighted by Gasteiger charge is -2.14.